The Bertz CT molecular complexity index is 1360. The molecule has 0 aliphatic carbocycles. The molecule has 2 aliphatic heterocycles. The molecule has 2 aromatic rings. The number of Topliss-reactive ketones (excluding diaryl/α,β-unsaturated/α-hetero) is 2. The number of benzene rings is 2. The van der Waals surface area contributed by atoms with E-state index in [-0.39, 0.29) is 23.8 Å². The van der Waals surface area contributed by atoms with Crippen molar-refractivity contribution in [3.05, 3.63) is 70.8 Å². The molecule has 1 saturated heterocycles. The van der Waals surface area contributed by atoms with Crippen LogP contribution in [0.5, 0.6) is 0 Å². The van der Waals surface area contributed by atoms with Gasteiger partial charge < -0.3 is 19.8 Å². The van der Waals surface area contributed by atoms with E-state index < -0.39 is 54.0 Å². The summed E-state index contributed by atoms with van der Waals surface area (Å²) in [7, 11) is 0. The lowest BCUT2D eigenvalue weighted by molar-refractivity contribution is -0.117. The second kappa shape index (κ2) is 11.7. The highest BCUT2D eigenvalue weighted by atomic mass is 16.6. The van der Waals surface area contributed by atoms with E-state index in [0.717, 1.165) is 0 Å². The van der Waals surface area contributed by atoms with E-state index >= 15 is 0 Å². The van der Waals surface area contributed by atoms with Gasteiger partial charge in [-0.2, -0.15) is 4.99 Å². The second-order valence-corrected chi connectivity index (χ2v) is 10.2. The second-order valence-electron chi connectivity index (χ2n) is 10.2. The van der Waals surface area contributed by atoms with Crippen LogP contribution in [0.25, 0.3) is 0 Å². The fraction of sp³-hybridized carbons (Fsp3) is 0.414. The summed E-state index contributed by atoms with van der Waals surface area (Å²) >= 11 is 0. The molecule has 2 aliphatic rings. The number of carbonyl (C=O) groups excluding carboxylic acids is 4. The first-order valence-corrected chi connectivity index (χ1v) is 13.2. The molecule has 4 rings (SSSR count). The van der Waals surface area contributed by atoms with E-state index in [2.05, 4.69) is 10.3 Å². The Morgan fingerprint density at radius 3 is 2.27 bits per heavy atom. The molecule has 0 bridgehead atoms. The third-order valence-electron chi connectivity index (χ3n) is 7.21. The summed E-state index contributed by atoms with van der Waals surface area (Å²) in [6, 6.07) is 12.6. The average molecular weight is 551 g/mol. The summed E-state index contributed by atoms with van der Waals surface area (Å²) in [6.45, 7) is 7.03. The lowest BCUT2D eigenvalue weighted by Crippen LogP contribution is -2.56. The standard InChI is InChI=1S/C29H34N4O7/c1-5-14-32-16-33(28(38)31-27(32)30-19(4)34)22-15-29(39,25(37)21-13-9-7-11-18(21)3)26(40-22)24(36)23(35)20-12-8-6-10-17(20)2/h6-13,22,24,26,36,39H,5,14-16H2,1-4H3,(H,30,31,34,38)/t22-,24?,26-,29-/m1/s1. The minimum atomic E-state index is -2.34. The van der Waals surface area contributed by atoms with Crippen molar-refractivity contribution >= 4 is 29.5 Å². The summed E-state index contributed by atoms with van der Waals surface area (Å²) in [5, 5.41) is 25.8. The van der Waals surface area contributed by atoms with Crippen molar-refractivity contribution in [2.45, 2.75) is 64.6 Å². The van der Waals surface area contributed by atoms with Gasteiger partial charge in [0.2, 0.25) is 11.9 Å². The van der Waals surface area contributed by atoms with Crippen LogP contribution in [0, 0.1) is 13.8 Å². The van der Waals surface area contributed by atoms with Crippen LogP contribution in [-0.4, -0.2) is 86.7 Å². The van der Waals surface area contributed by atoms with Gasteiger partial charge in [-0.25, -0.2) is 4.79 Å². The molecule has 11 heteroatoms. The number of ketones is 2. The maximum atomic E-state index is 13.8. The van der Waals surface area contributed by atoms with E-state index in [1.807, 2.05) is 6.92 Å². The molecule has 11 nitrogen and oxygen atoms in total. The van der Waals surface area contributed by atoms with Gasteiger partial charge in [-0.05, 0) is 31.4 Å². The molecule has 2 heterocycles. The molecule has 1 fully saturated rings. The van der Waals surface area contributed by atoms with Crippen molar-refractivity contribution in [3.8, 4) is 0 Å². The van der Waals surface area contributed by atoms with Gasteiger partial charge in [0, 0.05) is 31.0 Å². The minimum absolute atomic E-state index is 0.0559. The van der Waals surface area contributed by atoms with E-state index in [4.69, 9.17) is 4.74 Å². The summed E-state index contributed by atoms with van der Waals surface area (Å²) < 4.78 is 6.04. The Morgan fingerprint density at radius 1 is 1.10 bits per heavy atom. The third-order valence-corrected chi connectivity index (χ3v) is 7.21. The number of aliphatic imine (C=N–C) groups is 1. The first-order valence-electron chi connectivity index (χ1n) is 13.2. The SMILES string of the molecule is CCCN1CN([C@H]2C[C@@](O)(C(=O)c3ccccc3C)[C@@H](C(O)C(=O)c3ccccc3C)O2)C(=O)N=C1NC(C)=O. The number of carbonyl (C=O) groups is 4. The predicted octanol–water partition coefficient (Wildman–Crippen LogP) is 2.17. The maximum Gasteiger partial charge on any atom is 0.350 e. The fourth-order valence-electron chi connectivity index (χ4n) is 5.12. The van der Waals surface area contributed by atoms with Crippen molar-refractivity contribution in [1.82, 2.24) is 15.1 Å². The average Bonchev–Trinajstić information content (AvgIpc) is 3.27. The Labute approximate surface area is 232 Å². The van der Waals surface area contributed by atoms with Gasteiger partial charge in [0.1, 0.15) is 25.1 Å². The van der Waals surface area contributed by atoms with Crippen molar-refractivity contribution in [1.29, 1.82) is 0 Å². The number of aryl methyl sites for hydroxylation is 2. The first kappa shape index (κ1) is 29.1. The van der Waals surface area contributed by atoms with Crippen molar-refractivity contribution in [2.75, 3.05) is 13.2 Å². The summed E-state index contributed by atoms with van der Waals surface area (Å²) in [5.74, 6) is -1.75. The zero-order valence-electron chi connectivity index (χ0n) is 23.0. The number of nitrogens with one attached hydrogen (secondary N) is 1. The lowest BCUT2D eigenvalue weighted by atomic mass is 9.81. The number of rotatable bonds is 8. The Hall–Kier alpha value is -3.93. The molecule has 3 amide bonds. The highest BCUT2D eigenvalue weighted by molar-refractivity contribution is 6.07. The normalized spacial score (nSPS) is 23.6. The van der Waals surface area contributed by atoms with Gasteiger partial charge in [-0.1, -0.05) is 55.5 Å². The topological polar surface area (TPSA) is 149 Å². The number of urea groups is 1. The van der Waals surface area contributed by atoms with Crippen LogP contribution in [-0.2, 0) is 9.53 Å². The van der Waals surface area contributed by atoms with Gasteiger partial charge in [-0.15, -0.1) is 0 Å². The highest BCUT2D eigenvalue weighted by Gasteiger charge is 2.59. The largest absolute Gasteiger partial charge is 0.382 e. The van der Waals surface area contributed by atoms with Crippen molar-refractivity contribution in [3.63, 3.8) is 0 Å². The van der Waals surface area contributed by atoms with E-state index in [0.29, 0.717) is 24.1 Å². The predicted molar refractivity (Wildman–Crippen MR) is 146 cm³/mol. The van der Waals surface area contributed by atoms with Crippen molar-refractivity contribution in [2.24, 2.45) is 4.99 Å². The molecule has 2 aromatic carbocycles. The van der Waals surface area contributed by atoms with Gasteiger partial charge in [0.05, 0.1) is 0 Å². The Morgan fingerprint density at radius 2 is 1.70 bits per heavy atom. The molecule has 0 aromatic heterocycles. The summed E-state index contributed by atoms with van der Waals surface area (Å²) in [6.07, 6.45) is -4.51. The van der Waals surface area contributed by atoms with Crippen LogP contribution < -0.4 is 5.32 Å². The molecule has 212 valence electrons. The van der Waals surface area contributed by atoms with Gasteiger partial charge in [-0.3, -0.25) is 24.6 Å². The number of ether oxygens (including phenoxy) is 1. The first-order chi connectivity index (χ1) is 19.0. The molecule has 40 heavy (non-hydrogen) atoms. The number of aliphatic hydroxyl groups is 2. The van der Waals surface area contributed by atoms with E-state index in [1.54, 1.807) is 67.3 Å². The van der Waals surface area contributed by atoms with Crippen LogP contribution in [0.1, 0.15) is 58.5 Å². The van der Waals surface area contributed by atoms with Crippen molar-refractivity contribution < 1.29 is 34.1 Å². The van der Waals surface area contributed by atoms with Gasteiger partial charge in [0.25, 0.3) is 0 Å². The van der Waals surface area contributed by atoms with Crippen LogP contribution in [0.15, 0.2) is 53.5 Å². The van der Waals surface area contributed by atoms with Gasteiger partial charge in [0.15, 0.2) is 17.2 Å². The molecular formula is C29H34N4O7. The molecule has 4 atom stereocenters. The minimum Gasteiger partial charge on any atom is -0.382 e. The zero-order chi connectivity index (χ0) is 29.2. The monoisotopic (exact) mass is 550 g/mol. The number of hydrogen-bond donors (Lipinski definition) is 3. The molecule has 0 radical (unpaired) electrons. The molecule has 0 spiro atoms. The number of aliphatic hydroxyl groups excluding tert-OH is 1. The van der Waals surface area contributed by atoms with Crippen LogP contribution in [0.2, 0.25) is 0 Å². The Balaban J connectivity index is 1.72. The van der Waals surface area contributed by atoms with E-state index in [9.17, 15) is 29.4 Å². The number of amides is 3. The summed E-state index contributed by atoms with van der Waals surface area (Å²) in [5.41, 5.74) is -0.711. The summed E-state index contributed by atoms with van der Waals surface area (Å²) in [4.78, 5) is 58.8. The van der Waals surface area contributed by atoms with Crippen LogP contribution in [0.3, 0.4) is 0 Å². The third kappa shape index (κ3) is 5.53. The molecule has 0 saturated carbocycles. The molecular weight excluding hydrogens is 516 g/mol. The molecule has 1 unspecified atom stereocenters. The van der Waals surface area contributed by atoms with E-state index in [1.165, 1.54) is 11.8 Å². The highest BCUT2D eigenvalue weighted by Crippen LogP contribution is 2.39. The zero-order valence-corrected chi connectivity index (χ0v) is 23.0. The lowest BCUT2D eigenvalue weighted by Gasteiger charge is -2.37. The number of hydrogen-bond acceptors (Lipinski definition) is 8. The Kier molecular flexibility index (Phi) is 8.48. The van der Waals surface area contributed by atoms with Gasteiger partial charge >= 0.3 is 6.03 Å². The quantitative estimate of drug-likeness (QED) is 0.424. The fourth-order valence-corrected chi connectivity index (χ4v) is 5.12. The van der Waals surface area contributed by atoms with Crippen LogP contribution in [0.4, 0.5) is 4.79 Å². The maximum absolute atomic E-state index is 13.8. The smallest absolute Gasteiger partial charge is 0.350 e. The number of guanidine groups is 1. The number of nitrogens with zero attached hydrogens (tertiary/aromatic N) is 3. The van der Waals surface area contributed by atoms with Crippen LogP contribution >= 0.6 is 0 Å². The molecule has 3 N–H and O–H groups in total.